The summed E-state index contributed by atoms with van der Waals surface area (Å²) in [6, 6.07) is 10.4. The molecule has 28 heavy (non-hydrogen) atoms. The average molecular weight is 460 g/mol. The zero-order chi connectivity index (χ0) is 20.7. The summed E-state index contributed by atoms with van der Waals surface area (Å²) in [5.74, 6) is 2.55. The van der Waals surface area contributed by atoms with Gasteiger partial charge < -0.3 is 14.8 Å². The highest BCUT2D eigenvalue weighted by Crippen LogP contribution is 2.36. The Balaban J connectivity index is 2.44. The zero-order valence-corrected chi connectivity index (χ0v) is 17.5. The minimum atomic E-state index is -0.574. The minimum absolute atomic E-state index is 0.00856. The summed E-state index contributed by atoms with van der Waals surface area (Å²) in [6.07, 6.45) is 6.68. The molecule has 0 radical (unpaired) electrons. The number of anilines is 1. The van der Waals surface area contributed by atoms with E-state index in [1.54, 1.807) is 37.3 Å². The number of nitrogens with zero attached hydrogens (tertiary/aromatic N) is 1. The maximum absolute atomic E-state index is 12.6. The predicted octanol–water partition coefficient (Wildman–Crippen LogP) is 4.98. The van der Waals surface area contributed by atoms with E-state index in [0.717, 1.165) is 0 Å². The van der Waals surface area contributed by atoms with Gasteiger partial charge in [0.2, 0.25) is 0 Å². The Labute approximate surface area is 177 Å². The molecule has 2 aromatic rings. The van der Waals surface area contributed by atoms with Gasteiger partial charge in [-0.05, 0) is 42.8 Å². The van der Waals surface area contributed by atoms with Crippen LogP contribution in [-0.4, -0.2) is 19.6 Å². The molecule has 142 valence electrons. The third kappa shape index (κ3) is 5.07. The molecule has 2 rings (SSSR count). The first-order chi connectivity index (χ1) is 13.4. The number of amides is 1. The quantitative estimate of drug-likeness (QED) is 0.376. The van der Waals surface area contributed by atoms with Crippen LogP contribution in [0.3, 0.4) is 0 Å². The second-order valence-electron chi connectivity index (χ2n) is 5.56. The van der Waals surface area contributed by atoms with Crippen LogP contribution in [0, 0.1) is 30.6 Å². The van der Waals surface area contributed by atoms with E-state index in [1.807, 2.05) is 6.07 Å². The normalized spacial score (nSPS) is 10.6. The van der Waals surface area contributed by atoms with Gasteiger partial charge in [-0.1, -0.05) is 39.5 Å². The first kappa shape index (κ1) is 21.4. The standard InChI is InChI=1S/C21H16BrClN2O3/c1-4-8-28-20-14(10-16(22)11-19(20)27-3)9-15(12-24)21(26)25-18-7-5-6-17(23)13(18)2/h1,5-7,9-11H,8H2,2-3H3,(H,25,26)/b15-9+. The summed E-state index contributed by atoms with van der Waals surface area (Å²) in [5, 5.41) is 12.7. The fourth-order valence-corrected chi connectivity index (χ4v) is 2.98. The predicted molar refractivity (Wildman–Crippen MR) is 113 cm³/mol. The summed E-state index contributed by atoms with van der Waals surface area (Å²) < 4.78 is 11.6. The van der Waals surface area contributed by atoms with Crippen molar-refractivity contribution < 1.29 is 14.3 Å². The van der Waals surface area contributed by atoms with Crippen molar-refractivity contribution in [2.24, 2.45) is 0 Å². The number of halogens is 2. The van der Waals surface area contributed by atoms with Crippen molar-refractivity contribution in [1.29, 1.82) is 5.26 Å². The first-order valence-corrected chi connectivity index (χ1v) is 9.20. The van der Waals surface area contributed by atoms with E-state index in [2.05, 4.69) is 27.2 Å². The maximum atomic E-state index is 12.6. The largest absolute Gasteiger partial charge is 0.493 e. The molecule has 1 amide bonds. The van der Waals surface area contributed by atoms with Crippen molar-refractivity contribution in [3.05, 3.63) is 56.5 Å². The number of ether oxygens (including phenoxy) is 2. The topological polar surface area (TPSA) is 71.3 Å². The number of methoxy groups -OCH3 is 1. The number of terminal acetylenes is 1. The van der Waals surface area contributed by atoms with Gasteiger partial charge in [0.15, 0.2) is 11.5 Å². The third-order valence-electron chi connectivity index (χ3n) is 3.75. The van der Waals surface area contributed by atoms with Gasteiger partial charge in [-0.25, -0.2) is 0 Å². The van der Waals surface area contributed by atoms with E-state index < -0.39 is 5.91 Å². The SMILES string of the molecule is C#CCOc1c(/C=C(\C#N)C(=O)Nc2cccc(Cl)c2C)cc(Br)cc1OC. The zero-order valence-electron chi connectivity index (χ0n) is 15.2. The van der Waals surface area contributed by atoms with Crippen molar-refractivity contribution in [2.75, 3.05) is 19.0 Å². The van der Waals surface area contributed by atoms with Crippen molar-refractivity contribution in [1.82, 2.24) is 0 Å². The molecule has 0 aliphatic rings. The lowest BCUT2D eigenvalue weighted by Gasteiger charge is -2.13. The Morgan fingerprint density at radius 1 is 1.43 bits per heavy atom. The molecule has 0 saturated heterocycles. The Morgan fingerprint density at radius 2 is 2.18 bits per heavy atom. The van der Waals surface area contributed by atoms with E-state index in [4.69, 9.17) is 27.5 Å². The summed E-state index contributed by atoms with van der Waals surface area (Å²) in [4.78, 5) is 12.6. The molecule has 2 aromatic carbocycles. The van der Waals surface area contributed by atoms with Crippen LogP contribution in [0.1, 0.15) is 11.1 Å². The number of nitrogens with one attached hydrogen (secondary N) is 1. The Morgan fingerprint density at radius 3 is 2.82 bits per heavy atom. The molecule has 7 heteroatoms. The fraction of sp³-hybridized carbons (Fsp3) is 0.143. The van der Waals surface area contributed by atoms with E-state index in [9.17, 15) is 10.1 Å². The lowest BCUT2D eigenvalue weighted by atomic mass is 10.1. The van der Waals surface area contributed by atoms with Crippen LogP contribution >= 0.6 is 27.5 Å². The fourth-order valence-electron chi connectivity index (χ4n) is 2.35. The summed E-state index contributed by atoms with van der Waals surface area (Å²) in [7, 11) is 1.48. The van der Waals surface area contributed by atoms with Gasteiger partial charge in [0.1, 0.15) is 18.2 Å². The van der Waals surface area contributed by atoms with Gasteiger partial charge in [0.05, 0.1) is 7.11 Å². The van der Waals surface area contributed by atoms with Crippen LogP contribution in [0.15, 0.2) is 40.4 Å². The third-order valence-corrected chi connectivity index (χ3v) is 4.62. The molecule has 0 aromatic heterocycles. The molecule has 0 aliphatic heterocycles. The number of hydrogen-bond acceptors (Lipinski definition) is 4. The number of hydrogen-bond donors (Lipinski definition) is 1. The molecule has 5 nitrogen and oxygen atoms in total. The van der Waals surface area contributed by atoms with E-state index >= 15 is 0 Å². The van der Waals surface area contributed by atoms with E-state index in [1.165, 1.54) is 13.2 Å². The molecular weight excluding hydrogens is 444 g/mol. The van der Waals surface area contributed by atoms with Crippen molar-refractivity contribution in [3.8, 4) is 29.9 Å². The van der Waals surface area contributed by atoms with Gasteiger partial charge in [0.25, 0.3) is 5.91 Å². The van der Waals surface area contributed by atoms with Crippen LogP contribution in [0.4, 0.5) is 5.69 Å². The molecule has 0 spiro atoms. The highest BCUT2D eigenvalue weighted by molar-refractivity contribution is 9.10. The Hall–Kier alpha value is -2.93. The van der Waals surface area contributed by atoms with Crippen molar-refractivity contribution in [3.63, 3.8) is 0 Å². The van der Waals surface area contributed by atoms with Crippen LogP contribution in [0.5, 0.6) is 11.5 Å². The van der Waals surface area contributed by atoms with Crippen LogP contribution in [0.25, 0.3) is 6.08 Å². The minimum Gasteiger partial charge on any atom is -0.493 e. The van der Waals surface area contributed by atoms with Gasteiger partial charge in [-0.15, -0.1) is 6.42 Å². The molecule has 0 fully saturated rings. The summed E-state index contributed by atoms with van der Waals surface area (Å²) in [5.41, 5.74) is 1.58. The van der Waals surface area contributed by atoms with Crippen molar-refractivity contribution in [2.45, 2.75) is 6.92 Å². The second kappa shape index (κ2) is 9.85. The molecule has 1 N–H and O–H groups in total. The molecule has 0 unspecified atom stereocenters. The van der Waals surface area contributed by atoms with Crippen LogP contribution < -0.4 is 14.8 Å². The molecule has 0 aliphatic carbocycles. The highest BCUT2D eigenvalue weighted by Gasteiger charge is 2.16. The number of carbonyl (C=O) groups excluding carboxylic acids is 1. The maximum Gasteiger partial charge on any atom is 0.266 e. The van der Waals surface area contributed by atoms with Gasteiger partial charge in [-0.3, -0.25) is 4.79 Å². The lowest BCUT2D eigenvalue weighted by molar-refractivity contribution is -0.112. The Bertz CT molecular complexity index is 1020. The molecule has 0 heterocycles. The monoisotopic (exact) mass is 458 g/mol. The summed E-state index contributed by atoms with van der Waals surface area (Å²) in [6.45, 7) is 1.78. The molecular formula is C21H16BrClN2O3. The number of benzene rings is 2. The summed E-state index contributed by atoms with van der Waals surface area (Å²) >= 11 is 9.45. The van der Waals surface area contributed by atoms with Gasteiger partial charge in [0, 0.05) is 20.7 Å². The molecule has 0 bridgehead atoms. The van der Waals surface area contributed by atoms with Gasteiger partial charge in [-0.2, -0.15) is 5.26 Å². The lowest BCUT2D eigenvalue weighted by Crippen LogP contribution is -2.14. The highest BCUT2D eigenvalue weighted by atomic mass is 79.9. The number of nitriles is 1. The molecule has 0 saturated carbocycles. The molecule has 0 atom stereocenters. The first-order valence-electron chi connectivity index (χ1n) is 8.03. The number of rotatable bonds is 6. The van der Waals surface area contributed by atoms with Crippen molar-refractivity contribution >= 4 is 45.2 Å². The van der Waals surface area contributed by atoms with Gasteiger partial charge >= 0.3 is 0 Å². The number of carbonyl (C=O) groups is 1. The second-order valence-corrected chi connectivity index (χ2v) is 6.88. The average Bonchev–Trinajstić information content (AvgIpc) is 2.68. The smallest absolute Gasteiger partial charge is 0.266 e. The van der Waals surface area contributed by atoms with E-state index in [0.29, 0.717) is 37.8 Å². The van der Waals surface area contributed by atoms with Crippen LogP contribution in [0.2, 0.25) is 5.02 Å². The van der Waals surface area contributed by atoms with Crippen LogP contribution in [-0.2, 0) is 4.79 Å². The van der Waals surface area contributed by atoms with E-state index in [-0.39, 0.29) is 12.2 Å². The Kier molecular flexibility index (Phi) is 7.52.